The molecule has 43 heavy (non-hydrogen) atoms. The molecule has 2 N–H and O–H groups in total. The lowest BCUT2D eigenvalue weighted by molar-refractivity contribution is -0.143. The van der Waals surface area contributed by atoms with Gasteiger partial charge in [-0.05, 0) is 35.8 Å². The van der Waals surface area contributed by atoms with Gasteiger partial charge in [-0.2, -0.15) is 4.31 Å². The number of allylic oxidation sites excluding steroid dienone is 2. The number of carbonyl (C=O) groups excluding carboxylic acids is 1. The van der Waals surface area contributed by atoms with Crippen LogP contribution in [-0.2, 0) is 19.6 Å². The third kappa shape index (κ3) is 6.45. The molecule has 1 amide bonds. The molecule has 0 saturated carbocycles. The van der Waals surface area contributed by atoms with Crippen molar-refractivity contribution in [2.75, 3.05) is 39.4 Å². The number of hydrogen-bond donors (Lipinski definition) is 2. The third-order valence-corrected chi connectivity index (χ3v) is 10.2. The molecule has 11 heteroatoms. The Balaban J connectivity index is 1.55. The molecule has 1 atom stereocenters. The van der Waals surface area contributed by atoms with Gasteiger partial charge in [0.2, 0.25) is 10.0 Å². The zero-order valence-corrected chi connectivity index (χ0v) is 25.1. The number of sulfonamides is 1. The Morgan fingerprint density at radius 3 is 2.33 bits per heavy atom. The summed E-state index contributed by atoms with van der Waals surface area (Å²) in [6, 6.07) is 16.8. The topological polar surface area (TPSA) is 129 Å². The number of carbonyl (C=O) groups is 2. The molecule has 5 rings (SSSR count). The Bertz CT molecular complexity index is 1560. The van der Waals surface area contributed by atoms with Crippen molar-refractivity contribution in [3.8, 4) is 0 Å². The van der Waals surface area contributed by atoms with Gasteiger partial charge >= 0.3 is 5.97 Å². The molecule has 2 aliphatic rings. The predicted molar refractivity (Wildman–Crippen MR) is 163 cm³/mol. The molecule has 0 unspecified atom stereocenters. The van der Waals surface area contributed by atoms with Crippen LogP contribution in [0.25, 0.3) is 11.0 Å². The number of nitrogens with zero attached hydrogens (tertiary/aromatic N) is 2. The van der Waals surface area contributed by atoms with Crippen LogP contribution in [0.1, 0.15) is 35.9 Å². The Kier molecular flexibility index (Phi) is 9.16. The highest BCUT2D eigenvalue weighted by Crippen LogP contribution is 2.34. The van der Waals surface area contributed by atoms with E-state index in [1.54, 1.807) is 50.3 Å². The Hall–Kier alpha value is -3.77. The number of hydrogen-bond acceptors (Lipinski definition) is 7. The summed E-state index contributed by atoms with van der Waals surface area (Å²) >= 11 is 0. The SMILES string of the molecule is CC(C)[C@@H](C(=O)O)N(CCN1CCOCC1)S(=O)(=O)C1(NC(=O)c2cc3ccccc3o2)C=CC(c2ccccc2)C=C1. The minimum atomic E-state index is -4.57. The van der Waals surface area contributed by atoms with Gasteiger partial charge in [-0.25, -0.2) is 8.42 Å². The number of para-hydroxylation sites is 1. The first kappa shape index (κ1) is 30.7. The highest BCUT2D eigenvalue weighted by Gasteiger charge is 2.50. The van der Waals surface area contributed by atoms with Crippen LogP contribution in [0.2, 0.25) is 0 Å². The smallest absolute Gasteiger partial charge is 0.322 e. The summed E-state index contributed by atoms with van der Waals surface area (Å²) in [5.41, 5.74) is 1.43. The van der Waals surface area contributed by atoms with E-state index in [4.69, 9.17) is 9.15 Å². The van der Waals surface area contributed by atoms with Crippen molar-refractivity contribution >= 4 is 32.9 Å². The molecule has 1 aliphatic carbocycles. The van der Waals surface area contributed by atoms with Gasteiger partial charge in [0.1, 0.15) is 11.6 Å². The van der Waals surface area contributed by atoms with Crippen molar-refractivity contribution in [2.45, 2.75) is 30.7 Å². The van der Waals surface area contributed by atoms with Crippen LogP contribution < -0.4 is 5.32 Å². The number of fused-ring (bicyclic) bond motifs is 1. The molecule has 0 spiro atoms. The molecule has 1 aliphatic heterocycles. The summed E-state index contributed by atoms with van der Waals surface area (Å²) in [4.78, 5) is 26.2. The monoisotopic (exact) mass is 607 g/mol. The molecule has 2 heterocycles. The van der Waals surface area contributed by atoms with E-state index in [1.807, 2.05) is 41.3 Å². The fourth-order valence-electron chi connectivity index (χ4n) is 5.57. The summed E-state index contributed by atoms with van der Waals surface area (Å²) in [5, 5.41) is 13.7. The van der Waals surface area contributed by atoms with E-state index in [0.717, 1.165) is 9.87 Å². The van der Waals surface area contributed by atoms with Gasteiger partial charge in [0.05, 0.1) is 13.2 Å². The summed E-state index contributed by atoms with van der Waals surface area (Å²) in [5.74, 6) is -2.84. The van der Waals surface area contributed by atoms with Crippen LogP contribution in [0.5, 0.6) is 0 Å². The standard InChI is InChI=1S/C32H37N3O7S/c1-23(2)29(31(37)38)35(17-16-34-18-20-41-21-19-34)43(39,40)32(14-12-25(13-15-32)24-8-4-3-5-9-24)33-30(36)28-22-26-10-6-7-11-27(26)42-28/h3-15,22-23,25,29H,16-21H2,1-2H3,(H,33,36)(H,37,38)/t25?,29-,32?/m0/s1. The number of nitrogens with one attached hydrogen (secondary N) is 1. The number of benzene rings is 2. The number of carboxylic acids is 1. The zero-order chi connectivity index (χ0) is 30.6. The lowest BCUT2D eigenvalue weighted by Gasteiger charge is -2.40. The number of amides is 1. The van der Waals surface area contributed by atoms with Gasteiger partial charge in [0, 0.05) is 37.5 Å². The average Bonchev–Trinajstić information content (AvgIpc) is 3.45. The fraction of sp³-hybridized carbons (Fsp3) is 0.375. The van der Waals surface area contributed by atoms with Crippen LogP contribution in [0.3, 0.4) is 0 Å². The molecule has 1 saturated heterocycles. The van der Waals surface area contributed by atoms with Crippen molar-refractivity contribution in [1.29, 1.82) is 0 Å². The van der Waals surface area contributed by atoms with Gasteiger partial charge in [-0.15, -0.1) is 0 Å². The first-order chi connectivity index (χ1) is 20.6. The van der Waals surface area contributed by atoms with E-state index in [1.165, 1.54) is 12.2 Å². The number of carboxylic acid groups (broad SMARTS) is 1. The minimum Gasteiger partial charge on any atom is -0.480 e. The molecule has 2 aromatic carbocycles. The highest BCUT2D eigenvalue weighted by molar-refractivity contribution is 7.90. The molecule has 3 aromatic rings. The highest BCUT2D eigenvalue weighted by atomic mass is 32.2. The Morgan fingerprint density at radius 2 is 1.70 bits per heavy atom. The summed E-state index contributed by atoms with van der Waals surface area (Å²) in [6.07, 6.45) is 6.33. The number of ether oxygens (including phenoxy) is 1. The Morgan fingerprint density at radius 1 is 1.05 bits per heavy atom. The molecular weight excluding hydrogens is 570 g/mol. The maximum atomic E-state index is 14.8. The molecule has 1 fully saturated rings. The molecule has 0 bridgehead atoms. The Labute approximate surface area is 251 Å². The van der Waals surface area contributed by atoms with Crippen LogP contribution in [0.4, 0.5) is 0 Å². The van der Waals surface area contributed by atoms with Crippen molar-refractivity contribution in [3.63, 3.8) is 0 Å². The summed E-state index contributed by atoms with van der Waals surface area (Å²) < 4.78 is 41.8. The van der Waals surface area contributed by atoms with Gasteiger partial charge in [-0.1, -0.05) is 74.5 Å². The van der Waals surface area contributed by atoms with Gasteiger partial charge in [0.25, 0.3) is 5.91 Å². The molecular formula is C32H37N3O7S. The van der Waals surface area contributed by atoms with E-state index < -0.39 is 38.7 Å². The van der Waals surface area contributed by atoms with Crippen molar-refractivity contribution in [1.82, 2.24) is 14.5 Å². The normalized spacial score (nSPS) is 21.8. The summed E-state index contributed by atoms with van der Waals surface area (Å²) in [7, 11) is -4.57. The van der Waals surface area contributed by atoms with E-state index in [2.05, 4.69) is 5.32 Å². The van der Waals surface area contributed by atoms with Gasteiger partial charge in [-0.3, -0.25) is 14.5 Å². The molecule has 0 radical (unpaired) electrons. The van der Waals surface area contributed by atoms with E-state index in [-0.39, 0.29) is 18.2 Å². The first-order valence-electron chi connectivity index (χ1n) is 14.4. The van der Waals surface area contributed by atoms with E-state index in [0.29, 0.717) is 43.8 Å². The first-order valence-corrected chi connectivity index (χ1v) is 15.8. The molecule has 10 nitrogen and oxygen atoms in total. The van der Waals surface area contributed by atoms with Gasteiger partial charge in [0.15, 0.2) is 10.6 Å². The largest absolute Gasteiger partial charge is 0.480 e. The maximum absolute atomic E-state index is 14.8. The molecule has 1 aromatic heterocycles. The summed E-state index contributed by atoms with van der Waals surface area (Å²) in [6.45, 7) is 5.84. The second-order valence-corrected chi connectivity index (χ2v) is 13.2. The van der Waals surface area contributed by atoms with Crippen LogP contribution in [-0.4, -0.2) is 84.9 Å². The fourth-order valence-corrected chi connectivity index (χ4v) is 7.64. The maximum Gasteiger partial charge on any atom is 0.322 e. The van der Waals surface area contributed by atoms with Crippen LogP contribution >= 0.6 is 0 Å². The predicted octanol–water partition coefficient (Wildman–Crippen LogP) is 3.84. The van der Waals surface area contributed by atoms with Crippen molar-refractivity contribution in [3.05, 3.63) is 96.3 Å². The quantitative estimate of drug-likeness (QED) is 0.315. The third-order valence-electron chi connectivity index (χ3n) is 7.92. The van der Waals surface area contributed by atoms with E-state index >= 15 is 0 Å². The van der Waals surface area contributed by atoms with Crippen molar-refractivity contribution in [2.24, 2.45) is 5.92 Å². The minimum absolute atomic E-state index is 0.0544. The lowest BCUT2D eigenvalue weighted by atomic mass is 9.93. The second kappa shape index (κ2) is 12.8. The average molecular weight is 608 g/mol. The number of morpholine rings is 1. The van der Waals surface area contributed by atoms with Crippen LogP contribution in [0.15, 0.2) is 89.4 Å². The number of aliphatic carboxylic acids is 1. The lowest BCUT2D eigenvalue weighted by Crippen LogP contribution is -2.62. The van der Waals surface area contributed by atoms with E-state index in [9.17, 15) is 23.1 Å². The zero-order valence-electron chi connectivity index (χ0n) is 24.3. The molecule has 228 valence electrons. The van der Waals surface area contributed by atoms with Crippen LogP contribution in [0, 0.1) is 5.92 Å². The second-order valence-electron chi connectivity index (χ2n) is 11.1. The van der Waals surface area contributed by atoms with Crippen molar-refractivity contribution < 1.29 is 32.3 Å². The van der Waals surface area contributed by atoms with Gasteiger partial charge < -0.3 is 19.6 Å². The number of furan rings is 1. The number of rotatable bonds is 11.